The Morgan fingerprint density at radius 1 is 1.22 bits per heavy atom. The number of rotatable bonds is 2. The van der Waals surface area contributed by atoms with Crippen LogP contribution in [0.3, 0.4) is 0 Å². The molecule has 0 unspecified atom stereocenters. The third kappa shape index (κ3) is 2.30. The lowest BCUT2D eigenvalue weighted by Gasteiger charge is -2.21. The lowest BCUT2D eigenvalue weighted by Crippen LogP contribution is -2.44. The van der Waals surface area contributed by atoms with Crippen LogP contribution in [-0.2, 0) is 0 Å². The van der Waals surface area contributed by atoms with E-state index in [9.17, 15) is 0 Å². The third-order valence-electron chi connectivity index (χ3n) is 1.45. The largest absolute Gasteiger partial charge is 0.237 e. The van der Waals surface area contributed by atoms with Crippen molar-refractivity contribution in [2.24, 2.45) is 0 Å². The summed E-state index contributed by atoms with van der Waals surface area (Å²) in [5.74, 6) is 0. The molecule has 1 aliphatic rings. The molecule has 0 spiro atoms. The second-order valence-corrected chi connectivity index (χ2v) is 2.69. The van der Waals surface area contributed by atoms with Gasteiger partial charge in [-0.1, -0.05) is 0 Å². The SMILES string of the molecule is CN(C)NN1CCCC1. The summed E-state index contributed by atoms with van der Waals surface area (Å²) < 4.78 is 0. The maximum Gasteiger partial charge on any atom is 0.0144 e. The number of nitrogens with zero attached hydrogens (tertiary/aromatic N) is 2. The fourth-order valence-electron chi connectivity index (χ4n) is 1.10. The second-order valence-electron chi connectivity index (χ2n) is 2.69. The summed E-state index contributed by atoms with van der Waals surface area (Å²) in [6.45, 7) is 2.39. The van der Waals surface area contributed by atoms with Gasteiger partial charge in [0.15, 0.2) is 0 Å². The topological polar surface area (TPSA) is 18.5 Å². The summed E-state index contributed by atoms with van der Waals surface area (Å²) in [5, 5.41) is 4.21. The maximum absolute atomic E-state index is 3.21. The van der Waals surface area contributed by atoms with Gasteiger partial charge in [0.2, 0.25) is 0 Å². The van der Waals surface area contributed by atoms with E-state index in [0.717, 1.165) is 0 Å². The molecule has 1 aliphatic heterocycles. The predicted octanol–water partition coefficient (Wildman–Crippen LogP) is 0.0634. The van der Waals surface area contributed by atoms with Crippen molar-refractivity contribution in [2.75, 3.05) is 27.2 Å². The van der Waals surface area contributed by atoms with Crippen LogP contribution >= 0.6 is 0 Å². The standard InChI is InChI=1S/C6H15N3/c1-8(2)7-9-5-3-4-6-9/h7H,3-6H2,1-2H3. The molecule has 0 aliphatic carbocycles. The van der Waals surface area contributed by atoms with Crippen LogP contribution in [0.1, 0.15) is 12.8 Å². The first-order valence-corrected chi connectivity index (χ1v) is 3.47. The highest BCUT2D eigenvalue weighted by molar-refractivity contribution is 4.59. The Bertz CT molecular complexity index is 76.4. The summed E-state index contributed by atoms with van der Waals surface area (Å²) in [6, 6.07) is 0. The number of nitrogens with one attached hydrogen (secondary N) is 1. The van der Waals surface area contributed by atoms with Gasteiger partial charge in [0, 0.05) is 27.2 Å². The molecule has 0 bridgehead atoms. The molecule has 9 heavy (non-hydrogen) atoms. The molecular weight excluding hydrogens is 114 g/mol. The first kappa shape index (κ1) is 6.99. The fourth-order valence-corrected chi connectivity index (χ4v) is 1.10. The minimum atomic E-state index is 1.19. The number of hydrogen-bond donors (Lipinski definition) is 1. The van der Waals surface area contributed by atoms with Crippen LogP contribution in [-0.4, -0.2) is 37.2 Å². The molecule has 0 radical (unpaired) electrons. The predicted molar refractivity (Wildman–Crippen MR) is 37.6 cm³/mol. The van der Waals surface area contributed by atoms with Crippen molar-refractivity contribution < 1.29 is 0 Å². The van der Waals surface area contributed by atoms with Gasteiger partial charge in [0.25, 0.3) is 0 Å². The Kier molecular flexibility index (Phi) is 2.45. The van der Waals surface area contributed by atoms with Crippen LogP contribution in [0.5, 0.6) is 0 Å². The van der Waals surface area contributed by atoms with Gasteiger partial charge in [-0.25, -0.2) is 10.0 Å². The zero-order valence-corrected chi connectivity index (χ0v) is 6.22. The lowest BCUT2D eigenvalue weighted by molar-refractivity contribution is 0.0850. The normalized spacial score (nSPS) is 21.7. The molecule has 3 nitrogen and oxygen atoms in total. The lowest BCUT2D eigenvalue weighted by atomic mass is 10.4. The van der Waals surface area contributed by atoms with E-state index in [1.54, 1.807) is 0 Å². The average Bonchev–Trinajstić information content (AvgIpc) is 2.15. The minimum absolute atomic E-state index is 1.19. The molecule has 0 amide bonds. The molecule has 0 saturated carbocycles. The van der Waals surface area contributed by atoms with E-state index < -0.39 is 0 Å². The Labute approximate surface area is 56.6 Å². The van der Waals surface area contributed by atoms with Gasteiger partial charge in [-0.2, -0.15) is 5.53 Å². The quantitative estimate of drug-likeness (QED) is 0.532. The van der Waals surface area contributed by atoms with Crippen LogP contribution in [0, 0.1) is 0 Å². The Balaban J connectivity index is 2.11. The van der Waals surface area contributed by atoms with Crippen LogP contribution < -0.4 is 5.53 Å². The molecule has 1 rings (SSSR count). The fraction of sp³-hybridized carbons (Fsp3) is 1.00. The molecule has 1 N–H and O–H groups in total. The van der Waals surface area contributed by atoms with Gasteiger partial charge >= 0.3 is 0 Å². The van der Waals surface area contributed by atoms with E-state index in [4.69, 9.17) is 0 Å². The molecule has 1 fully saturated rings. The van der Waals surface area contributed by atoms with Crippen molar-refractivity contribution in [2.45, 2.75) is 12.8 Å². The highest BCUT2D eigenvalue weighted by Crippen LogP contribution is 2.02. The molecular formula is C6H15N3. The molecule has 3 heteroatoms. The van der Waals surface area contributed by atoms with Gasteiger partial charge in [0.1, 0.15) is 0 Å². The first-order chi connectivity index (χ1) is 4.29. The Morgan fingerprint density at radius 2 is 1.78 bits per heavy atom. The average molecular weight is 129 g/mol. The first-order valence-electron chi connectivity index (χ1n) is 3.47. The monoisotopic (exact) mass is 129 g/mol. The summed E-state index contributed by atoms with van der Waals surface area (Å²) in [6.07, 6.45) is 2.67. The van der Waals surface area contributed by atoms with E-state index >= 15 is 0 Å². The molecule has 0 aromatic rings. The van der Waals surface area contributed by atoms with E-state index in [2.05, 4.69) is 10.5 Å². The minimum Gasteiger partial charge on any atom is -0.237 e. The van der Waals surface area contributed by atoms with Gasteiger partial charge in [-0.15, -0.1) is 0 Å². The smallest absolute Gasteiger partial charge is 0.0144 e. The highest BCUT2D eigenvalue weighted by atomic mass is 15.7. The number of hydrazine groups is 2. The summed E-state index contributed by atoms with van der Waals surface area (Å²) in [4.78, 5) is 0. The maximum atomic E-state index is 3.21. The number of hydrogen-bond acceptors (Lipinski definition) is 3. The van der Waals surface area contributed by atoms with Crippen molar-refractivity contribution in [3.05, 3.63) is 0 Å². The van der Waals surface area contributed by atoms with Gasteiger partial charge in [-0.3, -0.25) is 0 Å². The van der Waals surface area contributed by atoms with Crippen LogP contribution in [0.15, 0.2) is 0 Å². The molecule has 0 atom stereocenters. The van der Waals surface area contributed by atoms with Gasteiger partial charge in [-0.05, 0) is 12.8 Å². The third-order valence-corrected chi connectivity index (χ3v) is 1.45. The van der Waals surface area contributed by atoms with E-state index in [1.165, 1.54) is 25.9 Å². The van der Waals surface area contributed by atoms with E-state index in [0.29, 0.717) is 0 Å². The summed E-state index contributed by atoms with van der Waals surface area (Å²) in [7, 11) is 4.02. The Hall–Kier alpha value is -0.120. The Morgan fingerprint density at radius 3 is 2.22 bits per heavy atom. The van der Waals surface area contributed by atoms with Crippen molar-refractivity contribution in [1.82, 2.24) is 15.6 Å². The van der Waals surface area contributed by atoms with Crippen molar-refractivity contribution in [3.63, 3.8) is 0 Å². The van der Waals surface area contributed by atoms with E-state index in [1.807, 2.05) is 19.1 Å². The molecule has 1 saturated heterocycles. The molecule has 54 valence electrons. The van der Waals surface area contributed by atoms with Crippen LogP contribution in [0.2, 0.25) is 0 Å². The van der Waals surface area contributed by atoms with Crippen molar-refractivity contribution in [3.8, 4) is 0 Å². The second kappa shape index (κ2) is 3.15. The van der Waals surface area contributed by atoms with Crippen molar-refractivity contribution >= 4 is 0 Å². The zero-order chi connectivity index (χ0) is 6.69. The molecule has 0 aromatic heterocycles. The van der Waals surface area contributed by atoms with Gasteiger partial charge in [0.05, 0.1) is 0 Å². The summed E-state index contributed by atoms with van der Waals surface area (Å²) in [5.41, 5.74) is 3.21. The highest BCUT2D eigenvalue weighted by Gasteiger charge is 2.10. The van der Waals surface area contributed by atoms with Gasteiger partial charge < -0.3 is 0 Å². The zero-order valence-electron chi connectivity index (χ0n) is 6.22. The van der Waals surface area contributed by atoms with Crippen LogP contribution in [0.4, 0.5) is 0 Å². The van der Waals surface area contributed by atoms with E-state index in [-0.39, 0.29) is 0 Å². The molecule has 1 heterocycles. The molecule has 0 aromatic carbocycles. The van der Waals surface area contributed by atoms with Crippen molar-refractivity contribution in [1.29, 1.82) is 0 Å². The van der Waals surface area contributed by atoms with Crippen LogP contribution in [0.25, 0.3) is 0 Å². The summed E-state index contributed by atoms with van der Waals surface area (Å²) >= 11 is 0.